The van der Waals surface area contributed by atoms with E-state index < -0.39 is 0 Å². The van der Waals surface area contributed by atoms with Gasteiger partial charge in [-0.3, -0.25) is 0 Å². The van der Waals surface area contributed by atoms with Gasteiger partial charge >= 0.3 is 0 Å². The molecular weight excluding hydrogens is 158 g/mol. The summed E-state index contributed by atoms with van der Waals surface area (Å²) in [6, 6.07) is 0. The van der Waals surface area contributed by atoms with E-state index >= 15 is 0 Å². The van der Waals surface area contributed by atoms with Gasteiger partial charge in [-0.1, -0.05) is 44.1 Å². The second-order valence-electron chi connectivity index (χ2n) is 3.23. The Kier molecular flexibility index (Phi) is 7.08. The minimum absolute atomic E-state index is 0.620. The normalized spacial score (nSPS) is 12.3. The van der Waals surface area contributed by atoms with E-state index in [1.807, 2.05) is 6.08 Å². The smallest absolute Gasteiger partial charge is 0.0241 e. The van der Waals surface area contributed by atoms with Crippen LogP contribution in [0.4, 0.5) is 0 Å². The Morgan fingerprint density at radius 2 is 2.00 bits per heavy atom. The summed E-state index contributed by atoms with van der Waals surface area (Å²) in [5.74, 6) is 0. The van der Waals surface area contributed by atoms with E-state index in [9.17, 15) is 0 Å². The lowest BCUT2D eigenvalue weighted by Gasteiger charge is -2.00. The van der Waals surface area contributed by atoms with Gasteiger partial charge in [-0.2, -0.15) is 0 Å². The van der Waals surface area contributed by atoms with Gasteiger partial charge in [0, 0.05) is 5.70 Å². The molecule has 0 saturated carbocycles. The largest absolute Gasteiger partial charge is 0.399 e. The Labute approximate surface area is 82.0 Å². The lowest BCUT2D eigenvalue weighted by Crippen LogP contribution is -1.89. The molecule has 0 aromatic heterocycles. The molecule has 0 aliphatic carbocycles. The molecule has 0 heterocycles. The number of allylic oxidation sites excluding steroid dienone is 4. The SMILES string of the molecule is C=C(N)/C=C\C(=C/C)CCCCC. The molecule has 0 amide bonds. The van der Waals surface area contributed by atoms with E-state index in [2.05, 4.69) is 32.6 Å². The van der Waals surface area contributed by atoms with Gasteiger partial charge < -0.3 is 5.73 Å². The molecule has 0 aromatic rings. The van der Waals surface area contributed by atoms with Crippen molar-refractivity contribution in [3.63, 3.8) is 0 Å². The van der Waals surface area contributed by atoms with Crippen molar-refractivity contribution >= 4 is 0 Å². The van der Waals surface area contributed by atoms with Crippen LogP contribution >= 0.6 is 0 Å². The second-order valence-corrected chi connectivity index (χ2v) is 3.23. The molecule has 2 N–H and O–H groups in total. The molecule has 0 saturated heterocycles. The lowest BCUT2D eigenvalue weighted by atomic mass is 10.1. The number of hydrogen-bond acceptors (Lipinski definition) is 1. The molecular formula is C12H21N. The van der Waals surface area contributed by atoms with Gasteiger partial charge in [0.2, 0.25) is 0 Å². The van der Waals surface area contributed by atoms with Crippen molar-refractivity contribution in [1.82, 2.24) is 0 Å². The van der Waals surface area contributed by atoms with Crippen molar-refractivity contribution in [2.24, 2.45) is 5.73 Å². The fourth-order valence-electron chi connectivity index (χ4n) is 1.12. The molecule has 74 valence electrons. The molecule has 0 aliphatic rings. The van der Waals surface area contributed by atoms with Gasteiger partial charge in [0.05, 0.1) is 0 Å². The topological polar surface area (TPSA) is 26.0 Å². The molecule has 0 atom stereocenters. The molecule has 1 heteroatoms. The van der Waals surface area contributed by atoms with E-state index in [0.29, 0.717) is 5.70 Å². The molecule has 0 spiro atoms. The zero-order chi connectivity index (χ0) is 10.1. The second kappa shape index (κ2) is 7.66. The number of hydrogen-bond donors (Lipinski definition) is 1. The summed E-state index contributed by atoms with van der Waals surface area (Å²) in [7, 11) is 0. The fraction of sp³-hybridized carbons (Fsp3) is 0.500. The molecule has 1 nitrogen and oxygen atoms in total. The Bertz CT molecular complexity index is 199. The third kappa shape index (κ3) is 7.38. The maximum Gasteiger partial charge on any atom is 0.0241 e. The van der Waals surface area contributed by atoms with Crippen LogP contribution in [0.2, 0.25) is 0 Å². The minimum atomic E-state index is 0.620. The molecule has 13 heavy (non-hydrogen) atoms. The standard InChI is InChI=1S/C12H21N/c1-4-6-7-8-12(5-2)10-9-11(3)13/h5,9-10H,3-4,6-8,13H2,1-2H3/b10-9-,12-5-. The van der Waals surface area contributed by atoms with Gasteiger partial charge in [-0.25, -0.2) is 0 Å². The molecule has 0 fully saturated rings. The first-order chi connectivity index (χ1) is 6.20. The van der Waals surface area contributed by atoms with Gasteiger partial charge in [-0.05, 0) is 25.8 Å². The summed E-state index contributed by atoms with van der Waals surface area (Å²) >= 11 is 0. The predicted molar refractivity (Wildman–Crippen MR) is 60.4 cm³/mol. The summed E-state index contributed by atoms with van der Waals surface area (Å²) in [6.07, 6.45) is 11.0. The third-order valence-corrected chi connectivity index (χ3v) is 1.95. The number of unbranched alkanes of at least 4 members (excludes halogenated alkanes) is 2. The molecule has 0 aliphatic heterocycles. The lowest BCUT2D eigenvalue weighted by molar-refractivity contribution is 0.719. The van der Waals surface area contributed by atoms with Crippen LogP contribution < -0.4 is 5.73 Å². The third-order valence-electron chi connectivity index (χ3n) is 1.95. The molecule has 0 aromatic carbocycles. The average molecular weight is 179 g/mol. The van der Waals surface area contributed by atoms with Crippen molar-refractivity contribution in [2.45, 2.75) is 39.5 Å². The van der Waals surface area contributed by atoms with Gasteiger partial charge in [0.25, 0.3) is 0 Å². The van der Waals surface area contributed by atoms with Crippen LogP contribution in [0.25, 0.3) is 0 Å². The predicted octanol–water partition coefficient (Wildman–Crippen LogP) is 3.54. The van der Waals surface area contributed by atoms with Crippen LogP contribution in [0.15, 0.2) is 36.1 Å². The quantitative estimate of drug-likeness (QED) is 0.490. The van der Waals surface area contributed by atoms with E-state index in [1.165, 1.54) is 24.8 Å². The molecule has 0 rings (SSSR count). The van der Waals surface area contributed by atoms with Crippen molar-refractivity contribution in [3.05, 3.63) is 36.1 Å². The monoisotopic (exact) mass is 179 g/mol. The van der Waals surface area contributed by atoms with Crippen molar-refractivity contribution in [1.29, 1.82) is 0 Å². The van der Waals surface area contributed by atoms with Gasteiger partial charge in [0.15, 0.2) is 0 Å². The van der Waals surface area contributed by atoms with Crippen LogP contribution in [0.3, 0.4) is 0 Å². The first-order valence-electron chi connectivity index (χ1n) is 4.98. The highest BCUT2D eigenvalue weighted by Crippen LogP contribution is 2.10. The van der Waals surface area contributed by atoms with Crippen molar-refractivity contribution in [3.8, 4) is 0 Å². The first kappa shape index (κ1) is 12.0. The Morgan fingerprint density at radius 1 is 1.31 bits per heavy atom. The van der Waals surface area contributed by atoms with Crippen LogP contribution in [-0.2, 0) is 0 Å². The molecule has 0 bridgehead atoms. The number of nitrogens with two attached hydrogens (primary N) is 1. The Hall–Kier alpha value is -0.980. The van der Waals surface area contributed by atoms with Crippen LogP contribution in [0.5, 0.6) is 0 Å². The maximum atomic E-state index is 5.44. The molecule has 0 unspecified atom stereocenters. The Balaban J connectivity index is 3.84. The highest BCUT2D eigenvalue weighted by molar-refractivity contribution is 5.24. The highest BCUT2D eigenvalue weighted by atomic mass is 14.5. The van der Waals surface area contributed by atoms with E-state index in [1.54, 1.807) is 0 Å². The van der Waals surface area contributed by atoms with E-state index in [-0.39, 0.29) is 0 Å². The van der Waals surface area contributed by atoms with Crippen LogP contribution in [-0.4, -0.2) is 0 Å². The van der Waals surface area contributed by atoms with E-state index in [0.717, 1.165) is 6.42 Å². The van der Waals surface area contributed by atoms with E-state index in [4.69, 9.17) is 5.73 Å². The summed E-state index contributed by atoms with van der Waals surface area (Å²) in [4.78, 5) is 0. The van der Waals surface area contributed by atoms with Gasteiger partial charge in [0.1, 0.15) is 0 Å². The fourth-order valence-corrected chi connectivity index (χ4v) is 1.12. The summed E-state index contributed by atoms with van der Waals surface area (Å²) in [5.41, 5.74) is 7.41. The maximum absolute atomic E-state index is 5.44. The van der Waals surface area contributed by atoms with Crippen molar-refractivity contribution < 1.29 is 0 Å². The average Bonchev–Trinajstić information content (AvgIpc) is 2.10. The minimum Gasteiger partial charge on any atom is -0.399 e. The summed E-state index contributed by atoms with van der Waals surface area (Å²) < 4.78 is 0. The molecule has 0 radical (unpaired) electrons. The van der Waals surface area contributed by atoms with Crippen molar-refractivity contribution in [2.75, 3.05) is 0 Å². The van der Waals surface area contributed by atoms with Crippen LogP contribution in [0, 0.1) is 0 Å². The number of rotatable bonds is 6. The summed E-state index contributed by atoms with van der Waals surface area (Å²) in [6.45, 7) is 7.90. The summed E-state index contributed by atoms with van der Waals surface area (Å²) in [5, 5.41) is 0. The van der Waals surface area contributed by atoms with Crippen LogP contribution in [0.1, 0.15) is 39.5 Å². The first-order valence-corrected chi connectivity index (χ1v) is 4.98. The zero-order valence-corrected chi connectivity index (χ0v) is 8.84. The van der Waals surface area contributed by atoms with Gasteiger partial charge in [-0.15, -0.1) is 0 Å². The Morgan fingerprint density at radius 3 is 2.46 bits per heavy atom. The highest BCUT2D eigenvalue weighted by Gasteiger charge is 1.91. The zero-order valence-electron chi connectivity index (χ0n) is 8.84.